The Morgan fingerprint density at radius 3 is 2.69 bits per heavy atom. The van der Waals surface area contributed by atoms with Gasteiger partial charge in [-0.1, -0.05) is 36.4 Å². The number of rotatable bonds is 8. The van der Waals surface area contributed by atoms with Crippen LogP contribution in [0, 0.1) is 6.92 Å². The smallest absolute Gasteiger partial charge is 0.254 e. The molecule has 0 saturated carbocycles. The number of thiophene rings is 1. The van der Waals surface area contributed by atoms with E-state index < -0.39 is 0 Å². The summed E-state index contributed by atoms with van der Waals surface area (Å²) in [5.74, 6) is 0.595. The molecule has 1 fully saturated rings. The van der Waals surface area contributed by atoms with Gasteiger partial charge in [0.25, 0.3) is 5.91 Å². The van der Waals surface area contributed by atoms with Gasteiger partial charge in [0.15, 0.2) is 0 Å². The third-order valence-corrected chi connectivity index (χ3v) is 8.00. The Morgan fingerprint density at radius 2 is 1.92 bits per heavy atom. The van der Waals surface area contributed by atoms with E-state index in [9.17, 15) is 9.59 Å². The first-order valence-corrected chi connectivity index (χ1v) is 13.5. The fourth-order valence-electron chi connectivity index (χ4n) is 5.06. The largest absolute Gasteiger partial charge is 0.491 e. The Morgan fingerprint density at radius 1 is 1.11 bits per heavy atom. The predicted octanol–water partition coefficient (Wildman–Crippen LogP) is 4.88. The maximum absolute atomic E-state index is 13.8. The fourth-order valence-corrected chi connectivity index (χ4v) is 5.99. The maximum Gasteiger partial charge on any atom is 0.254 e. The lowest BCUT2D eigenvalue weighted by atomic mass is 10.00. The summed E-state index contributed by atoms with van der Waals surface area (Å²) >= 11 is 1.73. The topological polar surface area (TPSA) is 59.1 Å². The number of amides is 2. The summed E-state index contributed by atoms with van der Waals surface area (Å²) in [6, 6.07) is 19.1. The van der Waals surface area contributed by atoms with Gasteiger partial charge in [-0.2, -0.15) is 0 Å². The van der Waals surface area contributed by atoms with Crippen LogP contribution < -0.4 is 4.74 Å². The number of para-hydroxylation sites is 1. The molecule has 3 aromatic rings. The van der Waals surface area contributed by atoms with Gasteiger partial charge in [0.1, 0.15) is 18.9 Å². The summed E-state index contributed by atoms with van der Waals surface area (Å²) in [5.41, 5.74) is 2.68. The van der Waals surface area contributed by atoms with Gasteiger partial charge in [-0.25, -0.2) is 0 Å². The van der Waals surface area contributed by atoms with Crippen LogP contribution in [0.4, 0.5) is 0 Å². The van der Waals surface area contributed by atoms with Crippen molar-refractivity contribution in [2.24, 2.45) is 0 Å². The number of hydrogen-bond acceptors (Lipinski definition) is 5. The molecule has 2 aliphatic heterocycles. The van der Waals surface area contributed by atoms with E-state index in [0.717, 1.165) is 36.1 Å². The van der Waals surface area contributed by atoms with Crippen LogP contribution >= 0.6 is 11.3 Å². The molecule has 188 valence electrons. The second-order valence-corrected chi connectivity index (χ2v) is 10.4. The van der Waals surface area contributed by atoms with Crippen molar-refractivity contribution < 1.29 is 19.1 Å². The Balaban J connectivity index is 1.36. The molecule has 6 nitrogen and oxygen atoms in total. The monoisotopic (exact) mass is 504 g/mol. The molecule has 0 radical (unpaired) electrons. The van der Waals surface area contributed by atoms with E-state index in [1.54, 1.807) is 16.2 Å². The van der Waals surface area contributed by atoms with Crippen molar-refractivity contribution in [1.82, 2.24) is 9.80 Å². The number of fused-ring (bicyclic) bond motifs is 1. The normalized spacial score (nSPS) is 19.1. The summed E-state index contributed by atoms with van der Waals surface area (Å²) < 4.78 is 11.9. The van der Waals surface area contributed by atoms with Gasteiger partial charge in [0, 0.05) is 30.1 Å². The lowest BCUT2D eigenvalue weighted by Crippen LogP contribution is -2.49. The molecule has 2 aromatic carbocycles. The van der Waals surface area contributed by atoms with Crippen molar-refractivity contribution in [3.63, 3.8) is 0 Å². The average molecular weight is 505 g/mol. The van der Waals surface area contributed by atoms with Gasteiger partial charge in [0.2, 0.25) is 5.91 Å². The summed E-state index contributed by atoms with van der Waals surface area (Å²) in [4.78, 5) is 32.3. The highest BCUT2D eigenvalue weighted by atomic mass is 32.1. The van der Waals surface area contributed by atoms with Crippen molar-refractivity contribution in [3.05, 3.63) is 87.6 Å². The minimum Gasteiger partial charge on any atom is -0.491 e. The zero-order chi connectivity index (χ0) is 24.9. The Labute approximate surface area is 216 Å². The molecule has 2 atom stereocenters. The van der Waals surface area contributed by atoms with Crippen LogP contribution in [0.2, 0.25) is 0 Å². The van der Waals surface area contributed by atoms with Crippen LogP contribution in [0.3, 0.4) is 0 Å². The quantitative estimate of drug-likeness (QED) is 0.439. The summed E-state index contributed by atoms with van der Waals surface area (Å²) in [5, 5.41) is 2.08. The van der Waals surface area contributed by atoms with Crippen LogP contribution in [0.1, 0.15) is 45.2 Å². The standard InChI is InChI=1S/C29H32N2O4S/c1-21-8-5-6-12-24(21)29(33)30(18-23-11-7-16-34-23)19-28(32)31-15-13-27-25(14-17-36-27)26(31)20-35-22-9-3-2-4-10-22/h2-6,8-10,12,14,17,23,26H,7,11,13,15-16,18-20H2,1H3. The van der Waals surface area contributed by atoms with Crippen LogP contribution in [0.5, 0.6) is 5.75 Å². The van der Waals surface area contributed by atoms with Crippen molar-refractivity contribution in [2.45, 2.75) is 38.3 Å². The number of carbonyl (C=O) groups excluding carboxylic acids is 2. The summed E-state index contributed by atoms with van der Waals surface area (Å²) in [6.45, 7) is 4.06. The minimum absolute atomic E-state index is 0.0222. The Bertz CT molecular complexity index is 1190. The highest BCUT2D eigenvalue weighted by molar-refractivity contribution is 7.10. The third kappa shape index (κ3) is 5.47. The minimum atomic E-state index is -0.189. The SMILES string of the molecule is Cc1ccccc1C(=O)N(CC(=O)N1CCc2sccc2C1COc1ccccc1)CC1CCCO1. The summed E-state index contributed by atoms with van der Waals surface area (Å²) in [6.07, 6.45) is 2.67. The molecule has 1 aromatic heterocycles. The van der Waals surface area contributed by atoms with Gasteiger partial charge in [-0.3, -0.25) is 9.59 Å². The number of nitrogens with zero attached hydrogens (tertiary/aromatic N) is 2. The molecule has 5 rings (SSSR count). The molecular formula is C29H32N2O4S. The van der Waals surface area contributed by atoms with E-state index in [1.165, 1.54) is 4.88 Å². The van der Waals surface area contributed by atoms with Gasteiger partial charge in [0.05, 0.1) is 12.1 Å². The molecule has 0 bridgehead atoms. The Hall–Kier alpha value is -3.16. The highest BCUT2D eigenvalue weighted by Crippen LogP contribution is 2.34. The van der Waals surface area contributed by atoms with E-state index in [1.807, 2.05) is 66.4 Å². The number of aryl methyl sites for hydroxylation is 1. The highest BCUT2D eigenvalue weighted by Gasteiger charge is 2.34. The van der Waals surface area contributed by atoms with E-state index in [-0.39, 0.29) is 30.5 Å². The van der Waals surface area contributed by atoms with Gasteiger partial charge in [-0.15, -0.1) is 11.3 Å². The van der Waals surface area contributed by atoms with Gasteiger partial charge < -0.3 is 19.3 Å². The van der Waals surface area contributed by atoms with Crippen LogP contribution in [-0.2, 0) is 16.0 Å². The number of ether oxygens (including phenoxy) is 2. The summed E-state index contributed by atoms with van der Waals surface area (Å²) in [7, 11) is 0. The molecule has 7 heteroatoms. The van der Waals surface area contributed by atoms with E-state index in [0.29, 0.717) is 31.9 Å². The molecule has 2 amide bonds. The first kappa shape index (κ1) is 24.5. The van der Waals surface area contributed by atoms with Crippen molar-refractivity contribution in [3.8, 4) is 5.75 Å². The van der Waals surface area contributed by atoms with Gasteiger partial charge >= 0.3 is 0 Å². The van der Waals surface area contributed by atoms with E-state index in [2.05, 4.69) is 11.4 Å². The zero-order valence-corrected chi connectivity index (χ0v) is 21.4. The molecule has 36 heavy (non-hydrogen) atoms. The Kier molecular flexibility index (Phi) is 7.68. The lowest BCUT2D eigenvalue weighted by molar-refractivity contribution is -0.135. The third-order valence-electron chi connectivity index (χ3n) is 7.00. The lowest BCUT2D eigenvalue weighted by Gasteiger charge is -2.37. The molecular weight excluding hydrogens is 472 g/mol. The second-order valence-electron chi connectivity index (χ2n) is 9.41. The van der Waals surface area contributed by atoms with Crippen LogP contribution in [0.15, 0.2) is 66.0 Å². The molecule has 0 N–H and O–H groups in total. The van der Waals surface area contributed by atoms with E-state index >= 15 is 0 Å². The fraction of sp³-hybridized carbons (Fsp3) is 0.379. The number of carbonyl (C=O) groups is 2. The van der Waals surface area contributed by atoms with Gasteiger partial charge in [-0.05, 0) is 67.0 Å². The molecule has 2 unspecified atom stereocenters. The molecule has 0 aliphatic carbocycles. The molecule has 0 spiro atoms. The van der Waals surface area contributed by atoms with E-state index in [4.69, 9.17) is 9.47 Å². The van der Waals surface area contributed by atoms with Crippen LogP contribution in [-0.4, -0.2) is 60.6 Å². The molecule has 1 saturated heterocycles. The average Bonchev–Trinajstić information content (AvgIpc) is 3.59. The first-order chi connectivity index (χ1) is 17.6. The second kappa shape index (κ2) is 11.3. The predicted molar refractivity (Wildman–Crippen MR) is 140 cm³/mol. The zero-order valence-electron chi connectivity index (χ0n) is 20.6. The van der Waals surface area contributed by atoms with Crippen molar-refractivity contribution in [1.29, 1.82) is 0 Å². The maximum atomic E-state index is 13.8. The number of hydrogen-bond donors (Lipinski definition) is 0. The molecule has 3 heterocycles. The molecule has 2 aliphatic rings. The van der Waals surface area contributed by atoms with Crippen LogP contribution in [0.25, 0.3) is 0 Å². The first-order valence-electron chi connectivity index (χ1n) is 12.6. The van der Waals surface area contributed by atoms with Crippen molar-refractivity contribution >= 4 is 23.2 Å². The van der Waals surface area contributed by atoms with Crippen molar-refractivity contribution in [2.75, 3.05) is 32.8 Å². The number of benzene rings is 2.